The smallest absolute Gasteiger partial charge is 0.0150 e. The van der Waals surface area contributed by atoms with Crippen LogP contribution in [0.1, 0.15) is 40.5 Å². The van der Waals surface area contributed by atoms with Gasteiger partial charge in [-0.05, 0) is 73.6 Å². The molecular formula is C20H23NS. The second-order valence-corrected chi connectivity index (χ2v) is 8.76. The molecule has 5 rings (SSSR count). The number of rotatable bonds is 0. The van der Waals surface area contributed by atoms with E-state index in [4.69, 9.17) is 0 Å². The summed E-state index contributed by atoms with van der Waals surface area (Å²) in [5.74, 6) is 0.778. The second kappa shape index (κ2) is 4.46. The SMILES string of the molecule is Cc1ccc2c(c1)[C@@]13Cc4sccc4C[C@H]1[C@@H](C2)NC(C)C3. The molecule has 1 N–H and O–H groups in total. The fourth-order valence-electron chi connectivity index (χ4n) is 5.57. The van der Waals surface area contributed by atoms with Gasteiger partial charge in [0.2, 0.25) is 0 Å². The Labute approximate surface area is 136 Å². The molecule has 2 aromatic rings. The number of fused-ring (bicyclic) bond motifs is 2. The molecule has 0 spiro atoms. The molecule has 4 atom stereocenters. The number of hydrogen-bond donors (Lipinski definition) is 1. The third-order valence-corrected chi connectivity index (χ3v) is 7.32. The van der Waals surface area contributed by atoms with E-state index in [9.17, 15) is 0 Å². The molecule has 3 aliphatic rings. The monoisotopic (exact) mass is 309 g/mol. The van der Waals surface area contributed by atoms with E-state index in [1.54, 1.807) is 21.6 Å². The number of hydrogen-bond acceptors (Lipinski definition) is 2. The lowest BCUT2D eigenvalue weighted by Crippen LogP contribution is -2.63. The first-order chi connectivity index (χ1) is 10.7. The van der Waals surface area contributed by atoms with Gasteiger partial charge < -0.3 is 5.32 Å². The fraction of sp³-hybridized carbons (Fsp3) is 0.500. The lowest BCUT2D eigenvalue weighted by molar-refractivity contribution is 0.0909. The van der Waals surface area contributed by atoms with Crippen molar-refractivity contribution < 1.29 is 0 Å². The topological polar surface area (TPSA) is 12.0 Å². The van der Waals surface area contributed by atoms with Crippen LogP contribution >= 0.6 is 11.3 Å². The highest BCUT2D eigenvalue weighted by molar-refractivity contribution is 7.10. The Hall–Kier alpha value is -1.12. The van der Waals surface area contributed by atoms with Crippen LogP contribution in [0.2, 0.25) is 0 Å². The van der Waals surface area contributed by atoms with Crippen molar-refractivity contribution in [3.05, 3.63) is 56.8 Å². The van der Waals surface area contributed by atoms with Crippen molar-refractivity contribution in [1.82, 2.24) is 5.32 Å². The zero-order valence-electron chi connectivity index (χ0n) is 13.4. The van der Waals surface area contributed by atoms with E-state index in [1.807, 2.05) is 11.3 Å². The number of thiophene rings is 1. The summed E-state index contributed by atoms with van der Waals surface area (Å²) in [6.07, 6.45) is 5.05. The Morgan fingerprint density at radius 1 is 1.18 bits per heavy atom. The highest BCUT2D eigenvalue weighted by Crippen LogP contribution is 2.54. The Kier molecular flexibility index (Phi) is 2.70. The fourth-order valence-corrected chi connectivity index (χ4v) is 6.61. The van der Waals surface area contributed by atoms with E-state index in [1.165, 1.54) is 31.2 Å². The zero-order valence-corrected chi connectivity index (χ0v) is 14.2. The maximum absolute atomic E-state index is 3.92. The molecule has 2 heteroatoms. The molecule has 1 unspecified atom stereocenters. The molecule has 2 heterocycles. The summed E-state index contributed by atoms with van der Waals surface area (Å²) in [6, 6.07) is 10.9. The van der Waals surface area contributed by atoms with Gasteiger partial charge in [-0.15, -0.1) is 11.3 Å². The van der Waals surface area contributed by atoms with Gasteiger partial charge in [0.1, 0.15) is 0 Å². The van der Waals surface area contributed by atoms with Crippen molar-refractivity contribution >= 4 is 11.3 Å². The van der Waals surface area contributed by atoms with Crippen LogP contribution in [0.5, 0.6) is 0 Å². The minimum absolute atomic E-state index is 0.382. The first-order valence-corrected chi connectivity index (χ1v) is 9.45. The molecule has 0 radical (unpaired) electrons. The first kappa shape index (κ1) is 13.3. The van der Waals surface area contributed by atoms with Crippen LogP contribution in [0.3, 0.4) is 0 Å². The van der Waals surface area contributed by atoms with Crippen molar-refractivity contribution in [2.45, 2.75) is 57.0 Å². The van der Waals surface area contributed by atoms with Gasteiger partial charge in [-0.1, -0.05) is 23.8 Å². The lowest BCUT2D eigenvalue weighted by atomic mass is 9.52. The highest BCUT2D eigenvalue weighted by atomic mass is 32.1. The Morgan fingerprint density at radius 3 is 3.00 bits per heavy atom. The van der Waals surface area contributed by atoms with Gasteiger partial charge in [-0.25, -0.2) is 0 Å². The number of piperidine rings is 1. The standard InChI is InChI=1S/C20H23NS/c1-12-3-4-14-9-18-17-8-15-5-6-22-19(15)11-20(17,16(14)7-12)10-13(2)21-18/h3-7,13,17-18,21H,8-11H2,1-2H3/t13?,17-,18+,20+/m0/s1. The predicted molar refractivity (Wildman–Crippen MR) is 92.8 cm³/mol. The van der Waals surface area contributed by atoms with Gasteiger partial charge >= 0.3 is 0 Å². The van der Waals surface area contributed by atoms with Crippen molar-refractivity contribution in [1.29, 1.82) is 0 Å². The molecule has 0 saturated carbocycles. The third kappa shape index (κ3) is 1.68. The summed E-state index contributed by atoms with van der Waals surface area (Å²) in [7, 11) is 0. The van der Waals surface area contributed by atoms with Crippen molar-refractivity contribution in [2.75, 3.05) is 0 Å². The van der Waals surface area contributed by atoms with E-state index in [-0.39, 0.29) is 0 Å². The van der Waals surface area contributed by atoms with Crippen LogP contribution in [-0.4, -0.2) is 12.1 Å². The lowest BCUT2D eigenvalue weighted by Gasteiger charge is -2.57. The summed E-state index contributed by atoms with van der Waals surface area (Å²) in [6.45, 7) is 4.64. The number of aryl methyl sites for hydroxylation is 1. The molecule has 1 aromatic heterocycles. The Bertz CT molecular complexity index is 746. The summed E-state index contributed by atoms with van der Waals surface area (Å²) in [4.78, 5) is 1.65. The highest BCUT2D eigenvalue weighted by Gasteiger charge is 2.54. The third-order valence-electron chi connectivity index (χ3n) is 6.36. The first-order valence-electron chi connectivity index (χ1n) is 8.57. The Balaban J connectivity index is 1.75. The predicted octanol–water partition coefficient (Wildman–Crippen LogP) is 4.02. The maximum Gasteiger partial charge on any atom is 0.0150 e. The van der Waals surface area contributed by atoms with E-state index in [0.717, 1.165) is 5.92 Å². The molecule has 1 saturated heterocycles. The zero-order chi connectivity index (χ0) is 14.9. The summed E-state index contributed by atoms with van der Waals surface area (Å²) >= 11 is 1.98. The molecular weight excluding hydrogens is 286 g/mol. The normalized spacial score (nSPS) is 35.5. The van der Waals surface area contributed by atoms with Gasteiger partial charge in [0.05, 0.1) is 0 Å². The maximum atomic E-state index is 3.92. The molecule has 0 amide bonds. The Morgan fingerprint density at radius 2 is 2.09 bits per heavy atom. The molecule has 1 nitrogen and oxygen atoms in total. The van der Waals surface area contributed by atoms with Gasteiger partial charge in [-0.3, -0.25) is 0 Å². The van der Waals surface area contributed by atoms with Crippen LogP contribution < -0.4 is 5.32 Å². The van der Waals surface area contributed by atoms with Gasteiger partial charge in [0.25, 0.3) is 0 Å². The van der Waals surface area contributed by atoms with Crippen molar-refractivity contribution in [2.24, 2.45) is 5.92 Å². The minimum Gasteiger partial charge on any atom is -0.311 e. The molecule has 1 aliphatic heterocycles. The molecule has 114 valence electrons. The van der Waals surface area contributed by atoms with Crippen LogP contribution in [0.4, 0.5) is 0 Å². The summed E-state index contributed by atoms with van der Waals surface area (Å²) < 4.78 is 0. The molecule has 1 aromatic carbocycles. The largest absolute Gasteiger partial charge is 0.311 e. The molecule has 2 bridgehead atoms. The number of nitrogens with one attached hydrogen (secondary N) is 1. The van der Waals surface area contributed by atoms with Crippen LogP contribution in [0.15, 0.2) is 29.6 Å². The van der Waals surface area contributed by atoms with Crippen LogP contribution in [0, 0.1) is 12.8 Å². The van der Waals surface area contributed by atoms with E-state index >= 15 is 0 Å². The van der Waals surface area contributed by atoms with E-state index < -0.39 is 0 Å². The summed E-state index contributed by atoms with van der Waals surface area (Å²) in [5, 5.41) is 6.23. The van der Waals surface area contributed by atoms with Gasteiger partial charge in [0, 0.05) is 22.4 Å². The second-order valence-electron chi connectivity index (χ2n) is 7.76. The van der Waals surface area contributed by atoms with E-state index in [0.29, 0.717) is 17.5 Å². The van der Waals surface area contributed by atoms with Crippen LogP contribution in [0.25, 0.3) is 0 Å². The van der Waals surface area contributed by atoms with E-state index in [2.05, 4.69) is 48.8 Å². The average molecular weight is 309 g/mol. The van der Waals surface area contributed by atoms with Gasteiger partial charge in [0.15, 0.2) is 0 Å². The molecule has 22 heavy (non-hydrogen) atoms. The average Bonchev–Trinajstić information content (AvgIpc) is 2.92. The van der Waals surface area contributed by atoms with Crippen molar-refractivity contribution in [3.63, 3.8) is 0 Å². The minimum atomic E-state index is 0.382. The molecule has 1 fully saturated rings. The quantitative estimate of drug-likeness (QED) is 0.775. The molecule has 2 aliphatic carbocycles. The van der Waals surface area contributed by atoms with Crippen LogP contribution in [-0.2, 0) is 24.7 Å². The van der Waals surface area contributed by atoms with Crippen molar-refractivity contribution in [3.8, 4) is 0 Å². The van der Waals surface area contributed by atoms with Gasteiger partial charge in [-0.2, -0.15) is 0 Å². The number of benzene rings is 1. The summed E-state index contributed by atoms with van der Waals surface area (Å²) in [5.41, 5.74) is 6.72.